The van der Waals surface area contributed by atoms with Crippen molar-refractivity contribution in [1.29, 1.82) is 5.26 Å². The third-order valence-electron chi connectivity index (χ3n) is 6.27. The molecule has 6 rings (SSSR count). The number of fused-ring (bicyclic) bond motifs is 3. The maximum atomic E-state index is 13.6. The largest absolute Gasteiger partial charge is 0.355 e. The second kappa shape index (κ2) is 8.21. The molecule has 1 saturated heterocycles. The van der Waals surface area contributed by atoms with Gasteiger partial charge in [-0.15, -0.1) is 22.7 Å². The molecule has 4 heterocycles. The van der Waals surface area contributed by atoms with E-state index >= 15 is 0 Å². The van der Waals surface area contributed by atoms with Gasteiger partial charge < -0.3 is 4.90 Å². The van der Waals surface area contributed by atoms with Crippen LogP contribution in [0.25, 0.3) is 31.5 Å². The molecule has 0 saturated carbocycles. The van der Waals surface area contributed by atoms with Gasteiger partial charge in [0.05, 0.1) is 19.9 Å². The topological polar surface area (TPSA) is 57.0 Å². The number of nitriles is 1. The molecule has 4 aromatic rings. The first-order chi connectivity index (χ1) is 16.2. The van der Waals surface area contributed by atoms with Crippen molar-refractivity contribution in [3.05, 3.63) is 69.0 Å². The summed E-state index contributed by atoms with van der Waals surface area (Å²) in [6.45, 7) is 1.77. The average Bonchev–Trinajstić information content (AvgIpc) is 3.58. The molecule has 0 spiro atoms. The molecule has 2 aliphatic rings. The molecule has 1 aromatic carbocycles. The van der Waals surface area contributed by atoms with Crippen LogP contribution >= 0.6 is 38.6 Å². The smallest absolute Gasteiger partial charge is 0.196 e. The van der Waals surface area contributed by atoms with Gasteiger partial charge in [0.2, 0.25) is 0 Å². The zero-order valence-corrected chi connectivity index (χ0v) is 20.8. The van der Waals surface area contributed by atoms with Crippen molar-refractivity contribution >= 4 is 50.2 Å². The predicted octanol–water partition coefficient (Wildman–Crippen LogP) is 7.37. The molecule has 0 N–H and O–H groups in total. The fraction of sp³-hybridized carbons (Fsp3) is 0.192. The first-order valence-electron chi connectivity index (χ1n) is 10.9. The minimum atomic E-state index is -0.0430. The minimum absolute atomic E-state index is 0.0430. The van der Waals surface area contributed by atoms with Gasteiger partial charge in [0, 0.05) is 34.0 Å². The van der Waals surface area contributed by atoms with Gasteiger partial charge in [-0.05, 0) is 65.0 Å². The molecule has 1 aliphatic heterocycles. The molecule has 7 heteroatoms. The summed E-state index contributed by atoms with van der Waals surface area (Å²) in [5, 5.41) is 10.2. The summed E-state index contributed by atoms with van der Waals surface area (Å²) in [4.78, 5) is 24.1. The Kier molecular flexibility index (Phi) is 5.17. The number of hydrogen-bond donors (Lipinski definition) is 0. The van der Waals surface area contributed by atoms with Gasteiger partial charge in [-0.2, -0.15) is 5.26 Å². The second-order valence-electron chi connectivity index (χ2n) is 8.21. The molecule has 0 radical (unpaired) electrons. The second-order valence-corrected chi connectivity index (χ2v) is 11.8. The summed E-state index contributed by atoms with van der Waals surface area (Å²) >= 11 is 6.87. The van der Waals surface area contributed by atoms with Crippen molar-refractivity contribution in [2.45, 2.75) is 19.3 Å². The number of pyridine rings is 1. The average molecular weight is 532 g/mol. The number of nitrogens with zero attached hydrogens (tertiary/aromatic N) is 3. The summed E-state index contributed by atoms with van der Waals surface area (Å²) in [7, 11) is 0. The molecule has 1 fully saturated rings. The van der Waals surface area contributed by atoms with Crippen LogP contribution in [0, 0.1) is 11.3 Å². The van der Waals surface area contributed by atoms with Crippen molar-refractivity contribution < 1.29 is 4.79 Å². The summed E-state index contributed by atoms with van der Waals surface area (Å²) in [6.07, 6.45) is 3.37. The molecule has 0 amide bonds. The molecule has 0 atom stereocenters. The van der Waals surface area contributed by atoms with E-state index < -0.39 is 0 Å². The number of rotatable bonds is 3. The van der Waals surface area contributed by atoms with E-state index in [1.807, 2.05) is 30.3 Å². The van der Waals surface area contributed by atoms with E-state index in [0.717, 1.165) is 50.6 Å². The van der Waals surface area contributed by atoms with Crippen molar-refractivity contribution in [3.63, 3.8) is 0 Å². The van der Waals surface area contributed by atoms with Gasteiger partial charge in [0.15, 0.2) is 5.78 Å². The maximum Gasteiger partial charge on any atom is 0.196 e. The third kappa shape index (κ3) is 3.36. The summed E-state index contributed by atoms with van der Waals surface area (Å²) in [5.74, 6) is 0.669. The lowest BCUT2D eigenvalue weighted by molar-refractivity contribution is 0.104. The number of benzene rings is 1. The number of ketones is 1. The Hall–Kier alpha value is -2.79. The SMILES string of the molecule is N#Cc1c(N2CCCCC2)nc(-c2ccc(-c3ccc(Br)s3)s2)c2c1-c1ccccc1C2=O. The molecular formula is C26H18BrN3OS2. The highest BCUT2D eigenvalue weighted by atomic mass is 79.9. The lowest BCUT2D eigenvalue weighted by Crippen LogP contribution is -2.31. The first kappa shape index (κ1) is 20.8. The van der Waals surface area contributed by atoms with E-state index in [0.29, 0.717) is 28.2 Å². The van der Waals surface area contributed by atoms with Gasteiger partial charge in [0.25, 0.3) is 0 Å². The Morgan fingerprint density at radius 2 is 1.58 bits per heavy atom. The highest BCUT2D eigenvalue weighted by molar-refractivity contribution is 9.11. The van der Waals surface area contributed by atoms with E-state index in [2.05, 4.69) is 45.1 Å². The number of piperidine rings is 1. The number of aromatic nitrogens is 1. The van der Waals surface area contributed by atoms with Gasteiger partial charge in [-0.1, -0.05) is 24.3 Å². The lowest BCUT2D eigenvalue weighted by atomic mass is 9.98. The zero-order valence-electron chi connectivity index (χ0n) is 17.6. The van der Waals surface area contributed by atoms with E-state index in [1.165, 1.54) is 11.3 Å². The Labute approximate surface area is 208 Å². The Bertz CT molecular complexity index is 1460. The van der Waals surface area contributed by atoms with Crippen LogP contribution in [-0.2, 0) is 0 Å². The summed E-state index contributed by atoms with van der Waals surface area (Å²) in [6, 6.07) is 18.3. The number of hydrogen-bond acceptors (Lipinski definition) is 6. The Balaban J connectivity index is 1.60. The van der Waals surface area contributed by atoms with Crippen LogP contribution < -0.4 is 4.90 Å². The van der Waals surface area contributed by atoms with Gasteiger partial charge >= 0.3 is 0 Å². The van der Waals surface area contributed by atoms with Crippen LogP contribution in [0.15, 0.2) is 52.3 Å². The normalized spacial score (nSPS) is 14.8. The van der Waals surface area contributed by atoms with Crippen molar-refractivity contribution in [1.82, 2.24) is 4.98 Å². The molecule has 3 aromatic heterocycles. The minimum Gasteiger partial charge on any atom is -0.355 e. The number of carbonyl (C=O) groups excluding carboxylic acids is 1. The van der Waals surface area contributed by atoms with Crippen LogP contribution in [-0.4, -0.2) is 23.9 Å². The molecule has 162 valence electrons. The quantitative estimate of drug-likeness (QED) is 0.243. The lowest BCUT2D eigenvalue weighted by Gasteiger charge is -2.29. The van der Waals surface area contributed by atoms with Crippen LogP contribution in [0.3, 0.4) is 0 Å². The highest BCUT2D eigenvalue weighted by Gasteiger charge is 2.36. The van der Waals surface area contributed by atoms with Crippen LogP contribution in [0.5, 0.6) is 0 Å². The number of halogens is 1. The van der Waals surface area contributed by atoms with Gasteiger partial charge in [-0.3, -0.25) is 4.79 Å². The monoisotopic (exact) mass is 531 g/mol. The summed E-state index contributed by atoms with van der Waals surface area (Å²) < 4.78 is 1.09. The number of anilines is 1. The van der Waals surface area contributed by atoms with Crippen LogP contribution in [0.4, 0.5) is 5.82 Å². The van der Waals surface area contributed by atoms with Crippen LogP contribution in [0.1, 0.15) is 40.7 Å². The predicted molar refractivity (Wildman–Crippen MR) is 138 cm³/mol. The standard InChI is InChI=1S/C26H18BrN3OS2/c27-21-11-10-19(33-21)18-8-9-20(32-18)24-23-22(15-6-2-3-7-16(15)25(23)31)17(14-28)26(29-24)30-12-4-1-5-13-30/h2-3,6-11H,1,4-5,12-13H2. The van der Waals surface area contributed by atoms with Gasteiger partial charge in [0.1, 0.15) is 17.5 Å². The fourth-order valence-electron chi connectivity index (χ4n) is 4.76. The third-order valence-corrected chi connectivity index (χ3v) is 9.18. The van der Waals surface area contributed by atoms with Gasteiger partial charge in [-0.25, -0.2) is 4.98 Å². The Morgan fingerprint density at radius 3 is 2.30 bits per heavy atom. The van der Waals surface area contributed by atoms with E-state index in [9.17, 15) is 10.1 Å². The summed E-state index contributed by atoms with van der Waals surface area (Å²) in [5.41, 5.74) is 4.02. The number of thiophene rings is 2. The molecular weight excluding hydrogens is 514 g/mol. The first-order valence-corrected chi connectivity index (χ1v) is 13.3. The molecule has 4 nitrogen and oxygen atoms in total. The fourth-order valence-corrected chi connectivity index (χ4v) is 7.24. The van der Waals surface area contributed by atoms with E-state index in [4.69, 9.17) is 4.98 Å². The van der Waals surface area contributed by atoms with Crippen molar-refractivity contribution in [2.24, 2.45) is 0 Å². The molecule has 1 aliphatic carbocycles. The zero-order chi connectivity index (χ0) is 22.5. The molecule has 33 heavy (non-hydrogen) atoms. The van der Waals surface area contributed by atoms with Crippen LogP contribution in [0.2, 0.25) is 0 Å². The van der Waals surface area contributed by atoms with E-state index in [1.54, 1.807) is 22.7 Å². The molecule has 0 unspecified atom stereocenters. The van der Waals surface area contributed by atoms with E-state index in [-0.39, 0.29) is 5.78 Å². The van der Waals surface area contributed by atoms with Crippen molar-refractivity contribution in [2.75, 3.05) is 18.0 Å². The highest BCUT2D eigenvalue weighted by Crippen LogP contribution is 2.48. The number of carbonyl (C=O) groups is 1. The van der Waals surface area contributed by atoms with Crippen molar-refractivity contribution in [3.8, 4) is 37.5 Å². The molecule has 0 bridgehead atoms. The maximum absolute atomic E-state index is 13.6. The Morgan fingerprint density at radius 1 is 0.879 bits per heavy atom.